The lowest BCUT2D eigenvalue weighted by atomic mass is 9.95. The van der Waals surface area contributed by atoms with Crippen LogP contribution in [0.2, 0.25) is 0 Å². The largest absolute Gasteiger partial charge is 0.360 e. The van der Waals surface area contributed by atoms with Crippen LogP contribution >= 0.6 is 11.3 Å². The number of fused-ring (bicyclic) bond motifs is 8. The van der Waals surface area contributed by atoms with Crippen LogP contribution in [-0.2, 0) is 0 Å². The van der Waals surface area contributed by atoms with E-state index in [1.807, 2.05) is 11.3 Å². The van der Waals surface area contributed by atoms with E-state index < -0.39 is 0 Å². The summed E-state index contributed by atoms with van der Waals surface area (Å²) < 4.78 is 5.03. The van der Waals surface area contributed by atoms with Crippen LogP contribution in [0.4, 0.5) is 5.69 Å². The number of anilines is 1. The Balaban J connectivity index is 1.18. The summed E-state index contributed by atoms with van der Waals surface area (Å²) in [7, 11) is 0. The second-order valence-electron chi connectivity index (χ2n) is 12.4. The third-order valence-corrected chi connectivity index (χ3v) is 10.8. The molecule has 3 nitrogen and oxygen atoms in total. The lowest BCUT2D eigenvalue weighted by Gasteiger charge is -2.26. The number of nitrogens with zero attached hydrogens (tertiary/aromatic N) is 2. The smallest absolute Gasteiger partial charge is 0.145 e. The zero-order valence-corrected chi connectivity index (χ0v) is 26.8. The van der Waals surface area contributed by atoms with Crippen molar-refractivity contribution in [2.75, 3.05) is 5.32 Å². The van der Waals surface area contributed by atoms with Crippen molar-refractivity contribution >= 4 is 64.7 Å². The molecule has 1 atom stereocenters. The highest BCUT2D eigenvalue weighted by atomic mass is 32.1. The molecule has 9 aromatic rings. The first-order valence-electron chi connectivity index (χ1n) is 16.3. The lowest BCUT2D eigenvalue weighted by Crippen LogP contribution is -2.20. The summed E-state index contributed by atoms with van der Waals surface area (Å²) in [5.41, 5.74) is 11.5. The molecular weight excluding hydrogens is 603 g/mol. The molecule has 0 spiro atoms. The molecule has 10 rings (SSSR count). The summed E-state index contributed by atoms with van der Waals surface area (Å²) in [4.78, 5) is 5.42. The van der Waals surface area contributed by atoms with Gasteiger partial charge in [0.2, 0.25) is 0 Å². The molecule has 0 saturated heterocycles. The van der Waals surface area contributed by atoms with Gasteiger partial charge in [0.15, 0.2) is 0 Å². The second kappa shape index (κ2) is 10.8. The van der Waals surface area contributed by atoms with Crippen molar-refractivity contribution in [2.24, 2.45) is 4.99 Å². The SMILES string of the molecule is c1ccc(-c2ccc(C3=NC(c4ccc5c(c4)c4c6c(ccc4n5-c4ccccc4)sc4ccccc46)Nc4ccccc43)cc2)cc1. The summed E-state index contributed by atoms with van der Waals surface area (Å²) in [5, 5.41) is 8.94. The Labute approximate surface area is 282 Å². The minimum absolute atomic E-state index is 0.235. The van der Waals surface area contributed by atoms with E-state index in [0.717, 1.165) is 33.8 Å². The minimum atomic E-state index is -0.235. The first-order valence-corrected chi connectivity index (χ1v) is 17.2. The predicted molar refractivity (Wildman–Crippen MR) is 204 cm³/mol. The van der Waals surface area contributed by atoms with Crippen LogP contribution in [0, 0.1) is 0 Å². The number of nitrogens with one attached hydrogen (secondary N) is 1. The van der Waals surface area contributed by atoms with Crippen molar-refractivity contribution < 1.29 is 0 Å². The molecule has 4 heteroatoms. The number of hydrogen-bond acceptors (Lipinski definition) is 3. The van der Waals surface area contributed by atoms with E-state index in [0.29, 0.717) is 0 Å². The van der Waals surface area contributed by atoms with Crippen molar-refractivity contribution in [3.63, 3.8) is 0 Å². The van der Waals surface area contributed by atoms with Gasteiger partial charge in [0, 0.05) is 53.4 Å². The maximum Gasteiger partial charge on any atom is 0.145 e. The van der Waals surface area contributed by atoms with Crippen LogP contribution in [0.15, 0.2) is 169 Å². The first-order chi connectivity index (χ1) is 23.8. The number of hydrogen-bond donors (Lipinski definition) is 1. The molecule has 0 amide bonds. The molecular formula is C44H29N3S. The third-order valence-electron chi connectivity index (χ3n) is 9.62. The molecule has 7 aromatic carbocycles. The highest BCUT2D eigenvalue weighted by Gasteiger charge is 2.24. The van der Waals surface area contributed by atoms with E-state index in [4.69, 9.17) is 4.99 Å². The Morgan fingerprint density at radius 3 is 2.06 bits per heavy atom. The summed E-state index contributed by atoms with van der Waals surface area (Å²) in [6.45, 7) is 0. The van der Waals surface area contributed by atoms with Gasteiger partial charge in [-0.25, -0.2) is 0 Å². The number of benzene rings is 7. The van der Waals surface area contributed by atoms with E-state index >= 15 is 0 Å². The van der Waals surface area contributed by atoms with Crippen LogP contribution in [0.3, 0.4) is 0 Å². The Hall–Kier alpha value is -5.97. The Morgan fingerprint density at radius 2 is 1.21 bits per heavy atom. The van der Waals surface area contributed by atoms with Gasteiger partial charge >= 0.3 is 0 Å². The monoisotopic (exact) mass is 631 g/mol. The van der Waals surface area contributed by atoms with Gasteiger partial charge in [-0.05, 0) is 65.2 Å². The van der Waals surface area contributed by atoms with E-state index in [1.54, 1.807) is 0 Å². The normalized spacial score (nSPS) is 14.3. The number of thiophene rings is 1. The standard InChI is InChI=1S/C44H29N3S/c1-3-11-28(12-4-1)29-19-21-30(22-20-29)43-33-15-7-9-17-36(33)45-44(46-43)31-23-24-37-35(27-31)41-38(47(37)32-13-5-2-6-14-32)25-26-40-42(41)34-16-8-10-18-39(34)48-40/h1-27,44-45H. The second-order valence-corrected chi connectivity index (χ2v) is 13.5. The zero-order valence-electron chi connectivity index (χ0n) is 26.0. The van der Waals surface area contributed by atoms with Gasteiger partial charge in [0.25, 0.3) is 0 Å². The topological polar surface area (TPSA) is 29.3 Å². The molecule has 2 aromatic heterocycles. The quantitative estimate of drug-likeness (QED) is 0.206. The molecule has 1 aliphatic rings. The minimum Gasteiger partial charge on any atom is -0.360 e. The number of para-hydroxylation sites is 2. The fourth-order valence-electron chi connectivity index (χ4n) is 7.40. The third kappa shape index (κ3) is 4.23. The number of aromatic nitrogens is 1. The molecule has 226 valence electrons. The van der Waals surface area contributed by atoms with Crippen LogP contribution in [-0.4, -0.2) is 10.3 Å². The summed E-state index contributed by atoms with van der Waals surface area (Å²) >= 11 is 1.87. The van der Waals surface area contributed by atoms with E-state index in [9.17, 15) is 0 Å². The molecule has 0 saturated carbocycles. The van der Waals surface area contributed by atoms with Gasteiger partial charge in [-0.3, -0.25) is 4.99 Å². The van der Waals surface area contributed by atoms with Crippen molar-refractivity contribution in [1.29, 1.82) is 0 Å². The average Bonchev–Trinajstić information content (AvgIpc) is 3.70. The fourth-order valence-corrected chi connectivity index (χ4v) is 8.52. The van der Waals surface area contributed by atoms with E-state index in [1.165, 1.54) is 53.1 Å². The highest BCUT2D eigenvalue weighted by Crippen LogP contribution is 2.44. The summed E-state index contributed by atoms with van der Waals surface area (Å²) in [5.74, 6) is 0. The lowest BCUT2D eigenvalue weighted by molar-refractivity contribution is 0.830. The maximum absolute atomic E-state index is 5.42. The fraction of sp³-hybridized carbons (Fsp3) is 0.0227. The molecule has 0 fully saturated rings. The van der Waals surface area contributed by atoms with Gasteiger partial charge in [0.05, 0.1) is 16.7 Å². The maximum atomic E-state index is 5.42. The van der Waals surface area contributed by atoms with Crippen LogP contribution in [0.5, 0.6) is 0 Å². The van der Waals surface area contributed by atoms with Crippen molar-refractivity contribution in [1.82, 2.24) is 4.57 Å². The van der Waals surface area contributed by atoms with Crippen molar-refractivity contribution in [2.45, 2.75) is 6.17 Å². The first kappa shape index (κ1) is 27.2. The van der Waals surface area contributed by atoms with Crippen LogP contribution in [0.1, 0.15) is 22.9 Å². The van der Waals surface area contributed by atoms with Gasteiger partial charge < -0.3 is 9.88 Å². The Morgan fingerprint density at radius 1 is 0.521 bits per heavy atom. The summed E-state index contributed by atoms with van der Waals surface area (Å²) in [6.07, 6.45) is -0.235. The Kier molecular flexibility index (Phi) is 6.11. The molecule has 0 aliphatic carbocycles. The van der Waals surface area contributed by atoms with Crippen molar-refractivity contribution in [3.05, 3.63) is 180 Å². The summed E-state index contributed by atoms with van der Waals surface area (Å²) in [6, 6.07) is 58.8. The van der Waals surface area contributed by atoms with E-state index in [2.05, 4.69) is 174 Å². The number of rotatable bonds is 4. The van der Waals surface area contributed by atoms with Gasteiger partial charge in [-0.1, -0.05) is 115 Å². The van der Waals surface area contributed by atoms with Crippen LogP contribution < -0.4 is 5.32 Å². The molecule has 1 N–H and O–H groups in total. The molecule has 0 bridgehead atoms. The predicted octanol–water partition coefficient (Wildman–Crippen LogP) is 11.8. The molecule has 1 aliphatic heterocycles. The van der Waals surface area contributed by atoms with Crippen LogP contribution in [0.25, 0.3) is 58.8 Å². The molecule has 0 radical (unpaired) electrons. The highest BCUT2D eigenvalue weighted by molar-refractivity contribution is 7.26. The van der Waals surface area contributed by atoms with E-state index in [-0.39, 0.29) is 6.17 Å². The average molecular weight is 632 g/mol. The Bertz CT molecular complexity index is 2680. The molecule has 1 unspecified atom stereocenters. The van der Waals surface area contributed by atoms with Crippen molar-refractivity contribution in [3.8, 4) is 16.8 Å². The van der Waals surface area contributed by atoms with Gasteiger partial charge in [0.1, 0.15) is 6.17 Å². The molecule has 3 heterocycles. The van der Waals surface area contributed by atoms with Gasteiger partial charge in [-0.15, -0.1) is 11.3 Å². The number of aliphatic imine (C=N–C) groups is 1. The van der Waals surface area contributed by atoms with Gasteiger partial charge in [-0.2, -0.15) is 0 Å². The molecule has 48 heavy (non-hydrogen) atoms. The zero-order chi connectivity index (χ0) is 31.6.